The van der Waals surface area contributed by atoms with Crippen LogP contribution in [0.25, 0.3) is 0 Å². The van der Waals surface area contributed by atoms with Crippen molar-refractivity contribution in [3.8, 4) is 0 Å². The van der Waals surface area contributed by atoms with Crippen LogP contribution in [0.2, 0.25) is 0 Å². The van der Waals surface area contributed by atoms with E-state index in [1.54, 1.807) is 89.3 Å². The van der Waals surface area contributed by atoms with Crippen LogP contribution in [0.15, 0.2) is 95.9 Å². The highest BCUT2D eigenvalue weighted by Crippen LogP contribution is 2.33. The summed E-state index contributed by atoms with van der Waals surface area (Å²) in [7, 11) is -3.98. The molecule has 4 aromatic rings. The number of amides is 2. The van der Waals surface area contributed by atoms with Crippen molar-refractivity contribution < 1.29 is 33.7 Å². The Morgan fingerprint density at radius 2 is 1.45 bits per heavy atom. The van der Waals surface area contributed by atoms with E-state index in [1.807, 2.05) is 42.5 Å². The summed E-state index contributed by atoms with van der Waals surface area (Å²) in [6.07, 6.45) is 6.79. The van der Waals surface area contributed by atoms with Crippen LogP contribution in [-0.2, 0) is 33.8 Å². The van der Waals surface area contributed by atoms with Crippen molar-refractivity contribution in [3.05, 3.63) is 119 Å². The van der Waals surface area contributed by atoms with Crippen LogP contribution < -0.4 is 15.5 Å². The minimum absolute atomic E-state index is 0.00740. The molecule has 12 nitrogen and oxygen atoms in total. The van der Waals surface area contributed by atoms with Gasteiger partial charge in [-0.25, -0.2) is 13.2 Å². The van der Waals surface area contributed by atoms with Gasteiger partial charge in [0.1, 0.15) is 0 Å². The van der Waals surface area contributed by atoms with E-state index in [9.17, 15) is 27.6 Å². The van der Waals surface area contributed by atoms with Crippen molar-refractivity contribution >= 4 is 96.9 Å². The van der Waals surface area contributed by atoms with Crippen molar-refractivity contribution in [1.29, 1.82) is 0 Å². The first-order chi connectivity index (χ1) is 28.0. The standard InChI is InChI=1S/C43H46I2N4O8S/c1-2-49(35-20-18-32(19-21-35)43(53)57-45)58(54,55)37-11-7-9-33(27-37)40(50)47-39-23-22-36(48-24-4-3-5-25-48)28-38(39)41(51)46-34-10-6-8-30(26-34)13-12-29-14-16-31(17-15-29)42(52)56-44/h6-11,14-17,22-23,26-28,32,35H,2-5,12-13,18-21,24-25H2,1H3,(H,46,51)(H,47,50). The zero-order chi connectivity index (χ0) is 41.2. The monoisotopic (exact) mass is 1030 g/mol. The topological polar surface area (TPSA) is 151 Å². The lowest BCUT2D eigenvalue weighted by atomic mass is 9.86. The molecule has 1 heterocycles. The van der Waals surface area contributed by atoms with Gasteiger partial charge in [0, 0.05) is 42.6 Å². The van der Waals surface area contributed by atoms with Crippen molar-refractivity contribution in [1.82, 2.24) is 4.31 Å². The van der Waals surface area contributed by atoms with E-state index < -0.39 is 27.8 Å². The predicted octanol–water partition coefficient (Wildman–Crippen LogP) is 8.94. The smallest absolute Gasteiger partial charge is 0.347 e. The Balaban J connectivity index is 1.19. The third-order valence-electron chi connectivity index (χ3n) is 10.9. The molecule has 1 aliphatic heterocycles. The largest absolute Gasteiger partial charge is 0.394 e. The van der Waals surface area contributed by atoms with E-state index >= 15 is 0 Å². The third-order valence-corrected chi connectivity index (χ3v) is 13.7. The van der Waals surface area contributed by atoms with E-state index in [-0.39, 0.29) is 40.5 Å². The van der Waals surface area contributed by atoms with Crippen LogP contribution >= 0.6 is 46.0 Å². The van der Waals surface area contributed by atoms with E-state index in [0.717, 1.165) is 55.6 Å². The van der Waals surface area contributed by atoms with Crippen molar-refractivity contribution in [2.75, 3.05) is 35.2 Å². The summed E-state index contributed by atoms with van der Waals surface area (Å²) >= 11 is 3.16. The fourth-order valence-electron chi connectivity index (χ4n) is 7.74. The summed E-state index contributed by atoms with van der Waals surface area (Å²) in [6, 6.07) is 25.9. The maximum Gasteiger partial charge on any atom is 0.347 e. The van der Waals surface area contributed by atoms with Gasteiger partial charge in [0.05, 0.1) is 27.6 Å². The molecule has 6 rings (SSSR count). The second-order valence-corrected chi connectivity index (χ2v) is 17.4. The average molecular weight is 1030 g/mol. The molecule has 0 radical (unpaired) electrons. The number of benzene rings is 4. The quantitative estimate of drug-likeness (QED) is 0.118. The number of halogens is 2. The number of carbonyl (C=O) groups excluding carboxylic acids is 4. The van der Waals surface area contributed by atoms with Crippen LogP contribution in [0.3, 0.4) is 0 Å². The van der Waals surface area contributed by atoms with Crippen LogP contribution in [0.5, 0.6) is 0 Å². The summed E-state index contributed by atoms with van der Waals surface area (Å²) in [6.45, 7) is 3.75. The SMILES string of the molecule is CCN(C1CCC(C(=O)OI)CC1)S(=O)(=O)c1cccc(C(=O)Nc2ccc(N3CCCCC3)cc2C(=O)Nc2cccc(CCc3ccc(C(=O)OI)cc3)c2)c1. The van der Waals surface area contributed by atoms with Gasteiger partial charge in [0.25, 0.3) is 11.8 Å². The number of nitrogens with zero attached hydrogens (tertiary/aromatic N) is 2. The van der Waals surface area contributed by atoms with Gasteiger partial charge >= 0.3 is 11.9 Å². The van der Waals surface area contributed by atoms with Crippen LogP contribution in [0.4, 0.5) is 17.1 Å². The van der Waals surface area contributed by atoms with Gasteiger partial charge in [-0.1, -0.05) is 37.3 Å². The number of anilines is 3. The van der Waals surface area contributed by atoms with E-state index in [0.29, 0.717) is 49.0 Å². The number of piperidine rings is 1. The second-order valence-electron chi connectivity index (χ2n) is 14.6. The Morgan fingerprint density at radius 3 is 2.14 bits per heavy atom. The fourth-order valence-corrected chi connectivity index (χ4v) is 10.1. The van der Waals surface area contributed by atoms with Crippen molar-refractivity contribution in [3.63, 3.8) is 0 Å². The molecular weight excluding hydrogens is 986 g/mol. The molecule has 15 heteroatoms. The minimum Gasteiger partial charge on any atom is -0.394 e. The van der Waals surface area contributed by atoms with Gasteiger partial charge in [-0.3, -0.25) is 14.4 Å². The molecule has 2 N–H and O–H groups in total. The first-order valence-electron chi connectivity index (χ1n) is 19.5. The minimum atomic E-state index is -3.98. The zero-order valence-electron chi connectivity index (χ0n) is 32.1. The molecule has 2 amide bonds. The molecule has 58 heavy (non-hydrogen) atoms. The molecule has 0 unspecified atom stereocenters. The highest BCUT2D eigenvalue weighted by Gasteiger charge is 2.36. The van der Waals surface area contributed by atoms with Crippen LogP contribution in [0.1, 0.15) is 94.1 Å². The fraction of sp³-hybridized carbons (Fsp3) is 0.349. The highest BCUT2D eigenvalue weighted by molar-refractivity contribution is 14.1. The number of hydrogen-bond acceptors (Lipinski definition) is 9. The van der Waals surface area contributed by atoms with Gasteiger partial charge in [0.15, 0.2) is 46.0 Å². The first-order valence-corrected chi connectivity index (χ1v) is 22.7. The lowest BCUT2D eigenvalue weighted by Gasteiger charge is -2.34. The normalized spacial score (nSPS) is 17.0. The molecule has 0 aromatic heterocycles. The molecule has 1 saturated carbocycles. The van der Waals surface area contributed by atoms with Crippen LogP contribution in [-0.4, -0.2) is 62.2 Å². The number of aryl methyl sites for hydroxylation is 2. The molecule has 0 bridgehead atoms. The predicted molar refractivity (Wildman–Crippen MR) is 240 cm³/mol. The summed E-state index contributed by atoms with van der Waals surface area (Å²) in [5, 5.41) is 5.92. The molecule has 0 atom stereocenters. The molecule has 0 spiro atoms. The number of carbonyl (C=O) groups is 4. The Hall–Kier alpha value is -4.07. The van der Waals surface area contributed by atoms with E-state index in [4.69, 9.17) is 6.13 Å². The Kier molecular flexibility index (Phi) is 15.2. The molecule has 306 valence electrons. The Morgan fingerprint density at radius 1 is 0.741 bits per heavy atom. The number of nitrogens with one attached hydrogen (secondary N) is 2. The summed E-state index contributed by atoms with van der Waals surface area (Å²) in [5.41, 5.74) is 4.71. The van der Waals surface area contributed by atoms with Gasteiger partial charge < -0.3 is 21.7 Å². The highest BCUT2D eigenvalue weighted by atomic mass is 127. The number of sulfonamides is 1. The third kappa shape index (κ3) is 10.8. The number of rotatable bonds is 14. The van der Waals surface area contributed by atoms with E-state index in [2.05, 4.69) is 15.5 Å². The summed E-state index contributed by atoms with van der Waals surface area (Å²) < 4.78 is 39.1. The van der Waals surface area contributed by atoms with Crippen molar-refractivity contribution in [2.45, 2.75) is 75.6 Å². The first kappa shape index (κ1) is 43.5. The number of hydrogen-bond donors (Lipinski definition) is 2. The van der Waals surface area contributed by atoms with Crippen molar-refractivity contribution in [2.24, 2.45) is 5.92 Å². The summed E-state index contributed by atoms with van der Waals surface area (Å²) in [5.74, 6) is -1.89. The second kappa shape index (κ2) is 20.3. The zero-order valence-corrected chi connectivity index (χ0v) is 37.3. The van der Waals surface area contributed by atoms with Gasteiger partial charge in [-0.2, -0.15) is 4.31 Å². The average Bonchev–Trinajstić information content (AvgIpc) is 3.26. The Labute approximate surface area is 367 Å². The van der Waals surface area contributed by atoms with Gasteiger partial charge in [0.2, 0.25) is 10.0 Å². The molecule has 1 aliphatic carbocycles. The van der Waals surface area contributed by atoms with Gasteiger partial charge in [-0.15, -0.1) is 0 Å². The molecule has 2 aliphatic rings. The van der Waals surface area contributed by atoms with Crippen LogP contribution in [0, 0.1) is 5.92 Å². The molecule has 4 aromatic carbocycles. The molecular formula is C43H46I2N4O8S. The maximum atomic E-state index is 14.1. The van der Waals surface area contributed by atoms with E-state index in [1.165, 1.54) is 16.4 Å². The summed E-state index contributed by atoms with van der Waals surface area (Å²) in [4.78, 5) is 54.0. The Bertz CT molecular complexity index is 2220. The molecule has 2 fully saturated rings. The maximum absolute atomic E-state index is 14.1. The lowest BCUT2D eigenvalue weighted by Crippen LogP contribution is -2.42. The lowest BCUT2D eigenvalue weighted by molar-refractivity contribution is -0.137. The molecule has 1 saturated heterocycles. The van der Waals surface area contributed by atoms with Gasteiger partial charge in [-0.05, 0) is 130 Å².